The minimum absolute atomic E-state index is 0.166. The minimum Gasteiger partial charge on any atom is -0.497 e. The Morgan fingerprint density at radius 3 is 2.48 bits per heavy atom. The molecule has 0 bridgehead atoms. The molecule has 0 atom stereocenters. The van der Waals surface area contributed by atoms with Crippen LogP contribution in [0.3, 0.4) is 0 Å². The van der Waals surface area contributed by atoms with Crippen molar-refractivity contribution in [2.45, 2.75) is 0 Å². The first-order valence-electron chi connectivity index (χ1n) is 7.07. The van der Waals surface area contributed by atoms with Gasteiger partial charge in [-0.25, -0.2) is 0 Å². The highest BCUT2D eigenvalue weighted by atomic mass is 16.5. The van der Waals surface area contributed by atoms with Gasteiger partial charge in [-0.3, -0.25) is 9.59 Å². The van der Waals surface area contributed by atoms with E-state index in [1.165, 1.54) is 6.08 Å². The number of hydrogen-bond acceptors (Lipinski definition) is 3. The molecule has 2 rings (SSSR count). The van der Waals surface area contributed by atoms with E-state index in [1.54, 1.807) is 44.5 Å². The van der Waals surface area contributed by atoms with Crippen molar-refractivity contribution in [3.63, 3.8) is 0 Å². The maximum absolute atomic E-state index is 11.9. The first-order valence-corrected chi connectivity index (χ1v) is 7.07. The van der Waals surface area contributed by atoms with E-state index in [1.807, 2.05) is 24.3 Å². The summed E-state index contributed by atoms with van der Waals surface area (Å²) in [4.78, 5) is 23.3. The molecule has 0 fully saturated rings. The van der Waals surface area contributed by atoms with Gasteiger partial charge < -0.3 is 15.4 Å². The SMILES string of the molecule is CNC(=O)c1ccc(NC(=O)/C=C/c2cccc(OC)c2)cc1. The molecule has 23 heavy (non-hydrogen) atoms. The van der Waals surface area contributed by atoms with Gasteiger partial charge in [-0.15, -0.1) is 0 Å². The first kappa shape index (κ1) is 16.3. The maximum atomic E-state index is 11.9. The summed E-state index contributed by atoms with van der Waals surface area (Å²) >= 11 is 0. The van der Waals surface area contributed by atoms with Gasteiger partial charge in [0.2, 0.25) is 5.91 Å². The van der Waals surface area contributed by atoms with Crippen LogP contribution < -0.4 is 15.4 Å². The fourth-order valence-electron chi connectivity index (χ4n) is 1.95. The van der Waals surface area contributed by atoms with Crippen LogP contribution in [0, 0.1) is 0 Å². The van der Waals surface area contributed by atoms with Crippen molar-refractivity contribution in [1.82, 2.24) is 5.32 Å². The van der Waals surface area contributed by atoms with E-state index in [0.29, 0.717) is 11.3 Å². The van der Waals surface area contributed by atoms with Crippen LogP contribution in [0.2, 0.25) is 0 Å². The van der Waals surface area contributed by atoms with Crippen molar-refractivity contribution in [3.8, 4) is 5.75 Å². The fourth-order valence-corrected chi connectivity index (χ4v) is 1.95. The van der Waals surface area contributed by atoms with Gasteiger partial charge >= 0.3 is 0 Å². The Hall–Kier alpha value is -3.08. The molecule has 0 heterocycles. The standard InChI is InChI=1S/C18H18N2O3/c1-19-18(22)14-7-9-15(10-8-14)20-17(21)11-6-13-4-3-5-16(12-13)23-2/h3-12H,1-2H3,(H,19,22)(H,20,21)/b11-6+. The number of anilines is 1. The van der Waals surface area contributed by atoms with E-state index < -0.39 is 0 Å². The highest BCUT2D eigenvalue weighted by molar-refractivity contribution is 6.02. The van der Waals surface area contributed by atoms with Crippen molar-refractivity contribution in [2.75, 3.05) is 19.5 Å². The molecular weight excluding hydrogens is 292 g/mol. The Kier molecular flexibility index (Phi) is 5.52. The van der Waals surface area contributed by atoms with E-state index in [4.69, 9.17) is 4.74 Å². The smallest absolute Gasteiger partial charge is 0.251 e. The third-order valence-electron chi connectivity index (χ3n) is 3.16. The van der Waals surface area contributed by atoms with Crippen molar-refractivity contribution < 1.29 is 14.3 Å². The molecule has 5 heteroatoms. The Morgan fingerprint density at radius 2 is 1.83 bits per heavy atom. The number of hydrogen-bond donors (Lipinski definition) is 2. The second-order valence-corrected chi connectivity index (χ2v) is 4.76. The molecule has 0 spiro atoms. The second kappa shape index (κ2) is 7.79. The highest BCUT2D eigenvalue weighted by Crippen LogP contribution is 2.14. The third-order valence-corrected chi connectivity index (χ3v) is 3.16. The fraction of sp³-hybridized carbons (Fsp3) is 0.111. The lowest BCUT2D eigenvalue weighted by atomic mass is 10.2. The molecular formula is C18H18N2O3. The van der Waals surface area contributed by atoms with Crippen LogP contribution >= 0.6 is 0 Å². The largest absolute Gasteiger partial charge is 0.497 e. The number of benzene rings is 2. The normalized spacial score (nSPS) is 10.3. The zero-order chi connectivity index (χ0) is 16.7. The average Bonchev–Trinajstić information content (AvgIpc) is 2.60. The Labute approximate surface area is 135 Å². The van der Waals surface area contributed by atoms with Gasteiger partial charge in [-0.1, -0.05) is 12.1 Å². The average molecular weight is 310 g/mol. The summed E-state index contributed by atoms with van der Waals surface area (Å²) < 4.78 is 5.13. The zero-order valence-corrected chi connectivity index (χ0v) is 13.0. The number of carbonyl (C=O) groups excluding carboxylic acids is 2. The topological polar surface area (TPSA) is 67.4 Å². The quantitative estimate of drug-likeness (QED) is 0.834. The van der Waals surface area contributed by atoms with Crippen LogP contribution in [0.5, 0.6) is 5.75 Å². The van der Waals surface area contributed by atoms with Crippen LogP contribution in [0.25, 0.3) is 6.08 Å². The summed E-state index contributed by atoms with van der Waals surface area (Å²) in [6.45, 7) is 0. The van der Waals surface area contributed by atoms with Crippen LogP contribution in [0.1, 0.15) is 15.9 Å². The van der Waals surface area contributed by atoms with Gasteiger partial charge in [0.25, 0.3) is 5.91 Å². The number of ether oxygens (including phenoxy) is 1. The molecule has 118 valence electrons. The van der Waals surface area contributed by atoms with Crippen molar-refractivity contribution in [2.24, 2.45) is 0 Å². The lowest BCUT2D eigenvalue weighted by Crippen LogP contribution is -2.17. The molecule has 2 aromatic carbocycles. The molecule has 0 saturated carbocycles. The van der Waals surface area contributed by atoms with Gasteiger partial charge in [-0.05, 0) is 48.0 Å². The number of methoxy groups -OCH3 is 1. The van der Waals surface area contributed by atoms with E-state index in [2.05, 4.69) is 10.6 Å². The molecule has 2 aromatic rings. The van der Waals surface area contributed by atoms with Gasteiger partial charge in [0.05, 0.1) is 7.11 Å². The summed E-state index contributed by atoms with van der Waals surface area (Å²) in [5.41, 5.74) is 2.03. The molecule has 5 nitrogen and oxygen atoms in total. The monoisotopic (exact) mass is 310 g/mol. The van der Waals surface area contributed by atoms with Gasteiger partial charge in [0.15, 0.2) is 0 Å². The lowest BCUT2D eigenvalue weighted by molar-refractivity contribution is -0.111. The number of rotatable bonds is 5. The van der Waals surface area contributed by atoms with Crippen LogP contribution in [0.4, 0.5) is 5.69 Å². The van der Waals surface area contributed by atoms with E-state index in [9.17, 15) is 9.59 Å². The predicted molar refractivity (Wildman–Crippen MR) is 90.5 cm³/mol. The summed E-state index contributed by atoms with van der Waals surface area (Å²) in [6.07, 6.45) is 3.15. The Morgan fingerprint density at radius 1 is 1.09 bits per heavy atom. The summed E-state index contributed by atoms with van der Waals surface area (Å²) in [5.74, 6) is 0.318. The first-order chi connectivity index (χ1) is 11.1. The molecule has 2 amide bonds. The molecule has 0 aliphatic carbocycles. The zero-order valence-electron chi connectivity index (χ0n) is 13.0. The number of nitrogens with one attached hydrogen (secondary N) is 2. The molecule has 2 N–H and O–H groups in total. The molecule has 0 unspecified atom stereocenters. The Bertz CT molecular complexity index is 721. The minimum atomic E-state index is -0.250. The van der Waals surface area contributed by atoms with Gasteiger partial charge in [0.1, 0.15) is 5.75 Å². The predicted octanol–water partition coefficient (Wildman–Crippen LogP) is 2.71. The summed E-state index contributed by atoms with van der Waals surface area (Å²) in [7, 11) is 3.17. The summed E-state index contributed by atoms with van der Waals surface area (Å²) in [5, 5.41) is 5.28. The highest BCUT2D eigenvalue weighted by Gasteiger charge is 2.03. The lowest BCUT2D eigenvalue weighted by Gasteiger charge is -2.04. The summed E-state index contributed by atoms with van der Waals surface area (Å²) in [6, 6.07) is 14.1. The van der Waals surface area contributed by atoms with E-state index in [-0.39, 0.29) is 11.8 Å². The van der Waals surface area contributed by atoms with Crippen molar-refractivity contribution in [3.05, 3.63) is 65.7 Å². The third kappa shape index (κ3) is 4.71. The second-order valence-electron chi connectivity index (χ2n) is 4.76. The van der Waals surface area contributed by atoms with E-state index >= 15 is 0 Å². The maximum Gasteiger partial charge on any atom is 0.251 e. The molecule has 0 radical (unpaired) electrons. The number of carbonyl (C=O) groups is 2. The number of amides is 2. The Balaban J connectivity index is 1.98. The van der Waals surface area contributed by atoms with Crippen LogP contribution in [-0.2, 0) is 4.79 Å². The molecule has 0 aromatic heterocycles. The molecule has 0 saturated heterocycles. The van der Waals surface area contributed by atoms with E-state index in [0.717, 1.165) is 11.3 Å². The van der Waals surface area contributed by atoms with Crippen molar-refractivity contribution in [1.29, 1.82) is 0 Å². The van der Waals surface area contributed by atoms with Crippen LogP contribution in [0.15, 0.2) is 54.6 Å². The van der Waals surface area contributed by atoms with Crippen molar-refractivity contribution >= 4 is 23.6 Å². The molecule has 0 aliphatic rings. The van der Waals surface area contributed by atoms with Crippen LogP contribution in [-0.4, -0.2) is 26.0 Å². The van der Waals surface area contributed by atoms with Gasteiger partial charge in [-0.2, -0.15) is 0 Å². The van der Waals surface area contributed by atoms with Gasteiger partial charge in [0, 0.05) is 24.4 Å². The molecule has 0 aliphatic heterocycles.